The number of nitrogens with zero attached hydrogens (tertiary/aromatic N) is 1. The Morgan fingerprint density at radius 2 is 1.97 bits per heavy atom. The van der Waals surface area contributed by atoms with Crippen molar-refractivity contribution in [2.24, 2.45) is 0 Å². The molecule has 2 aromatic rings. The Kier molecular flexibility index (Phi) is 8.80. The van der Waals surface area contributed by atoms with E-state index in [1.807, 2.05) is 6.92 Å². The van der Waals surface area contributed by atoms with Crippen LogP contribution >= 0.6 is 11.6 Å². The summed E-state index contributed by atoms with van der Waals surface area (Å²) in [6.45, 7) is 5.33. The molecule has 0 aliphatic rings. The van der Waals surface area contributed by atoms with Crippen molar-refractivity contribution in [1.29, 1.82) is 0 Å². The molecule has 0 bridgehead atoms. The summed E-state index contributed by atoms with van der Waals surface area (Å²) in [7, 11) is 0. The molecule has 0 saturated carbocycles. The third kappa shape index (κ3) is 6.88. The molecular formula is C22H22ClN3O4. The van der Waals surface area contributed by atoms with Gasteiger partial charge in [-0.3, -0.25) is 9.59 Å². The van der Waals surface area contributed by atoms with Gasteiger partial charge in [-0.05, 0) is 55.0 Å². The molecular weight excluding hydrogens is 406 g/mol. The van der Waals surface area contributed by atoms with Crippen molar-refractivity contribution in [3.05, 3.63) is 89.1 Å². The predicted molar refractivity (Wildman–Crippen MR) is 116 cm³/mol. The zero-order chi connectivity index (χ0) is 21.9. The van der Waals surface area contributed by atoms with Crippen molar-refractivity contribution in [2.45, 2.75) is 6.92 Å². The van der Waals surface area contributed by atoms with Gasteiger partial charge in [0.1, 0.15) is 22.4 Å². The van der Waals surface area contributed by atoms with Gasteiger partial charge in [-0.25, -0.2) is 4.98 Å². The van der Waals surface area contributed by atoms with Gasteiger partial charge in [-0.2, -0.15) is 0 Å². The van der Waals surface area contributed by atoms with Gasteiger partial charge in [-0.1, -0.05) is 30.3 Å². The lowest BCUT2D eigenvalue weighted by Gasteiger charge is -2.11. The number of aliphatic hydroxyl groups is 1. The van der Waals surface area contributed by atoms with E-state index in [-0.39, 0.29) is 29.6 Å². The highest BCUT2D eigenvalue weighted by atomic mass is 35.5. The van der Waals surface area contributed by atoms with E-state index in [2.05, 4.69) is 22.2 Å². The Balaban J connectivity index is 2.24. The molecule has 0 spiro atoms. The van der Waals surface area contributed by atoms with Gasteiger partial charge in [-0.15, -0.1) is 0 Å². The summed E-state index contributed by atoms with van der Waals surface area (Å²) in [6, 6.07) is 9.91. The predicted octanol–water partition coefficient (Wildman–Crippen LogP) is 3.08. The Bertz CT molecular complexity index is 951. The fourth-order valence-corrected chi connectivity index (χ4v) is 2.39. The molecule has 0 radical (unpaired) electrons. The monoisotopic (exact) mass is 427 g/mol. The van der Waals surface area contributed by atoms with E-state index in [9.17, 15) is 9.59 Å². The van der Waals surface area contributed by atoms with Crippen LogP contribution in [0.4, 0.5) is 0 Å². The fraction of sp³-hybridized carbons (Fsp3) is 0.136. The first-order chi connectivity index (χ1) is 14.5. The summed E-state index contributed by atoms with van der Waals surface area (Å²) in [6.07, 6.45) is 6.21. The molecule has 0 aliphatic heterocycles. The molecule has 1 aromatic carbocycles. The number of pyridine rings is 1. The molecule has 1 heterocycles. The molecule has 0 aliphatic carbocycles. The van der Waals surface area contributed by atoms with Crippen molar-refractivity contribution in [1.82, 2.24) is 15.6 Å². The number of amides is 2. The van der Waals surface area contributed by atoms with E-state index < -0.39 is 11.8 Å². The second kappa shape index (κ2) is 11.5. The van der Waals surface area contributed by atoms with Crippen molar-refractivity contribution in [2.75, 3.05) is 13.2 Å². The number of nitrogens with one attached hydrogen (secondary N) is 2. The summed E-state index contributed by atoms with van der Waals surface area (Å²) in [5, 5.41) is 14.3. The molecule has 0 saturated heterocycles. The second-order valence-corrected chi connectivity index (χ2v) is 6.31. The first-order valence-electron chi connectivity index (χ1n) is 9.07. The minimum atomic E-state index is -0.539. The van der Waals surface area contributed by atoms with E-state index in [4.69, 9.17) is 21.4 Å². The third-order valence-corrected chi connectivity index (χ3v) is 4.02. The normalized spacial score (nSPS) is 11.6. The van der Waals surface area contributed by atoms with Crippen molar-refractivity contribution >= 4 is 29.5 Å². The largest absolute Gasteiger partial charge is 0.458 e. The summed E-state index contributed by atoms with van der Waals surface area (Å²) >= 11 is 5.74. The van der Waals surface area contributed by atoms with Crippen LogP contribution in [0.5, 0.6) is 5.75 Å². The minimum absolute atomic E-state index is 0.0114. The van der Waals surface area contributed by atoms with E-state index in [1.165, 1.54) is 24.4 Å². The van der Waals surface area contributed by atoms with Crippen LogP contribution in [0.1, 0.15) is 22.8 Å². The molecule has 2 rings (SSSR count). The van der Waals surface area contributed by atoms with E-state index in [0.717, 1.165) is 0 Å². The molecule has 156 valence electrons. The number of rotatable bonds is 9. The van der Waals surface area contributed by atoms with Crippen molar-refractivity contribution in [3.8, 4) is 5.75 Å². The number of carbonyl (C=O) groups is 2. The highest BCUT2D eigenvalue weighted by Gasteiger charge is 2.15. The molecule has 0 unspecified atom stereocenters. The topological polar surface area (TPSA) is 101 Å². The van der Waals surface area contributed by atoms with Gasteiger partial charge in [0.2, 0.25) is 0 Å². The Morgan fingerprint density at radius 3 is 2.53 bits per heavy atom. The number of ether oxygens (including phenoxy) is 1. The first kappa shape index (κ1) is 22.9. The van der Waals surface area contributed by atoms with Gasteiger partial charge >= 0.3 is 0 Å². The van der Waals surface area contributed by atoms with Gasteiger partial charge in [0.25, 0.3) is 11.8 Å². The van der Waals surface area contributed by atoms with E-state index >= 15 is 0 Å². The summed E-state index contributed by atoms with van der Waals surface area (Å²) in [5.41, 5.74) is 0.913. The zero-order valence-electron chi connectivity index (χ0n) is 16.4. The number of carbonyl (C=O) groups excluding carboxylic acids is 2. The van der Waals surface area contributed by atoms with Gasteiger partial charge in [0, 0.05) is 12.7 Å². The molecule has 8 heteroatoms. The van der Waals surface area contributed by atoms with Crippen LogP contribution in [-0.4, -0.2) is 35.1 Å². The number of aliphatic hydroxyl groups excluding tert-OH is 1. The molecule has 3 N–H and O–H groups in total. The third-order valence-electron chi connectivity index (χ3n) is 3.79. The van der Waals surface area contributed by atoms with Crippen LogP contribution in [-0.2, 0) is 4.79 Å². The Morgan fingerprint density at radius 1 is 1.23 bits per heavy atom. The molecule has 1 aromatic heterocycles. The van der Waals surface area contributed by atoms with Gasteiger partial charge < -0.3 is 20.5 Å². The van der Waals surface area contributed by atoms with Crippen LogP contribution in [0.3, 0.4) is 0 Å². The summed E-state index contributed by atoms with van der Waals surface area (Å²) in [4.78, 5) is 28.8. The van der Waals surface area contributed by atoms with E-state index in [0.29, 0.717) is 17.1 Å². The molecule has 30 heavy (non-hydrogen) atoms. The standard InChI is InChI=1S/C22H22ClN3O4/c1-3-17(4-2)30-18-8-5-15(6-9-18)13-19(22(29)24-11-12-27)26-21(28)16-7-10-20(23)25-14-16/h3-10,13-14,27H,1,11-12H2,2H3,(H,24,29)(H,26,28)/b17-4-,19-13-. The minimum Gasteiger partial charge on any atom is -0.458 e. The zero-order valence-corrected chi connectivity index (χ0v) is 17.1. The SMILES string of the molecule is C=C/C(=C/C)Oc1ccc(/C=C(\NC(=O)c2ccc(Cl)nc2)C(=O)NCCO)cc1. The summed E-state index contributed by atoms with van der Waals surface area (Å²) in [5.74, 6) is 0.157. The van der Waals surface area contributed by atoms with Gasteiger partial charge in [0.15, 0.2) is 0 Å². The van der Waals surface area contributed by atoms with Crippen LogP contribution in [0.15, 0.2) is 72.8 Å². The smallest absolute Gasteiger partial charge is 0.267 e. The first-order valence-corrected chi connectivity index (χ1v) is 9.45. The average Bonchev–Trinajstić information content (AvgIpc) is 2.76. The van der Waals surface area contributed by atoms with E-state index in [1.54, 1.807) is 36.4 Å². The highest BCUT2D eigenvalue weighted by Crippen LogP contribution is 2.17. The lowest BCUT2D eigenvalue weighted by atomic mass is 10.1. The van der Waals surface area contributed by atoms with Crippen LogP contribution in [0.2, 0.25) is 5.15 Å². The highest BCUT2D eigenvalue weighted by molar-refractivity contribution is 6.29. The number of aromatic nitrogens is 1. The van der Waals surface area contributed by atoms with Crippen molar-refractivity contribution in [3.63, 3.8) is 0 Å². The Hall–Kier alpha value is -3.42. The lowest BCUT2D eigenvalue weighted by molar-refractivity contribution is -0.117. The fourth-order valence-electron chi connectivity index (χ4n) is 2.28. The number of benzene rings is 1. The Labute approximate surface area is 179 Å². The van der Waals surface area contributed by atoms with Crippen LogP contribution in [0.25, 0.3) is 6.08 Å². The number of halogens is 1. The number of hydrogen-bond donors (Lipinski definition) is 3. The maximum absolute atomic E-state index is 12.5. The molecule has 0 fully saturated rings. The second-order valence-electron chi connectivity index (χ2n) is 5.93. The maximum Gasteiger partial charge on any atom is 0.267 e. The molecule has 0 atom stereocenters. The summed E-state index contributed by atoms with van der Waals surface area (Å²) < 4.78 is 5.63. The van der Waals surface area contributed by atoms with Gasteiger partial charge in [0.05, 0.1) is 12.2 Å². The maximum atomic E-state index is 12.5. The van der Waals surface area contributed by atoms with Crippen LogP contribution < -0.4 is 15.4 Å². The number of allylic oxidation sites excluding steroid dienone is 2. The van der Waals surface area contributed by atoms with Crippen LogP contribution in [0, 0.1) is 0 Å². The molecule has 2 amide bonds. The molecule has 7 nitrogen and oxygen atoms in total. The van der Waals surface area contributed by atoms with Crippen molar-refractivity contribution < 1.29 is 19.4 Å². The average molecular weight is 428 g/mol. The quantitative estimate of drug-likeness (QED) is 0.247. The number of hydrogen-bond acceptors (Lipinski definition) is 5. The lowest BCUT2D eigenvalue weighted by Crippen LogP contribution is -2.36.